The predicted octanol–water partition coefficient (Wildman–Crippen LogP) is 3.82. The largest absolute Gasteiger partial charge is 0.480 e. The van der Waals surface area contributed by atoms with Crippen molar-refractivity contribution in [3.8, 4) is 0 Å². The summed E-state index contributed by atoms with van der Waals surface area (Å²) in [6.07, 6.45) is 1.73. The molecule has 1 aromatic rings. The summed E-state index contributed by atoms with van der Waals surface area (Å²) in [7, 11) is 0. The molecule has 7 heteroatoms. The number of carboxylic acids is 1. The van der Waals surface area contributed by atoms with Gasteiger partial charge in [-0.3, -0.25) is 4.79 Å². The quantitative estimate of drug-likeness (QED) is 0.661. The fourth-order valence-electron chi connectivity index (χ4n) is 2.30. The van der Waals surface area contributed by atoms with Crippen LogP contribution in [0.2, 0.25) is 0 Å². The van der Waals surface area contributed by atoms with Gasteiger partial charge >= 0.3 is 5.97 Å². The van der Waals surface area contributed by atoms with Crippen LogP contribution in [0.1, 0.15) is 30.1 Å². The lowest BCUT2D eigenvalue weighted by Gasteiger charge is -2.27. The lowest BCUT2D eigenvalue weighted by Crippen LogP contribution is -2.45. The number of aliphatic carboxylic acids is 1. The number of rotatable bonds is 4. The van der Waals surface area contributed by atoms with E-state index in [0.717, 1.165) is 16.4 Å². The Balaban J connectivity index is 2.36. The Hall–Kier alpha value is -0.280. The monoisotopic (exact) mass is 483 g/mol. The maximum atomic E-state index is 12.8. The van der Waals surface area contributed by atoms with Gasteiger partial charge in [0, 0.05) is 13.8 Å². The van der Waals surface area contributed by atoms with Crippen molar-refractivity contribution in [1.82, 2.24) is 4.90 Å². The number of carbonyl (C=O) groups is 2. The van der Waals surface area contributed by atoms with Crippen molar-refractivity contribution >= 4 is 62.2 Å². The van der Waals surface area contributed by atoms with E-state index < -0.39 is 12.0 Å². The molecule has 1 heterocycles. The fraction of sp³-hybridized carbons (Fsp3) is 0.429. The molecule has 0 bridgehead atoms. The van der Waals surface area contributed by atoms with E-state index >= 15 is 0 Å². The third-order valence-electron chi connectivity index (χ3n) is 3.31. The summed E-state index contributed by atoms with van der Waals surface area (Å²) < 4.78 is 1.65. The second-order valence-corrected chi connectivity index (χ2v) is 8.08. The van der Waals surface area contributed by atoms with Gasteiger partial charge < -0.3 is 10.0 Å². The Labute approximate surface area is 149 Å². The van der Waals surface area contributed by atoms with Crippen molar-refractivity contribution in [2.24, 2.45) is 0 Å². The molecule has 2 unspecified atom stereocenters. The van der Waals surface area contributed by atoms with Gasteiger partial charge in [-0.2, -0.15) is 0 Å². The highest BCUT2D eigenvalue weighted by molar-refractivity contribution is 14.1. The Kier molecular flexibility index (Phi) is 5.96. The van der Waals surface area contributed by atoms with Crippen LogP contribution < -0.4 is 0 Å². The molecule has 0 aliphatic carbocycles. The molecule has 4 nitrogen and oxygen atoms in total. The van der Waals surface area contributed by atoms with Crippen LogP contribution in [0, 0.1) is 3.57 Å². The number of halogens is 2. The summed E-state index contributed by atoms with van der Waals surface area (Å²) in [6.45, 7) is 2.04. The van der Waals surface area contributed by atoms with E-state index in [1.54, 1.807) is 17.8 Å². The first-order valence-electron chi connectivity index (χ1n) is 6.57. The third-order valence-corrected chi connectivity index (χ3v) is 6.02. The molecular formula is C14H15BrINO3S. The maximum absolute atomic E-state index is 12.8. The zero-order valence-electron chi connectivity index (χ0n) is 11.4. The standard InChI is InChI=1S/C14H15BrINO3S/c1-2-3-12-17(11(7-21-12)14(19)20)13(18)9-6-8(16)4-5-10(9)15/h4-6,11-12H,2-3,7H2,1H3,(H,19,20). The minimum atomic E-state index is -0.934. The molecule has 21 heavy (non-hydrogen) atoms. The van der Waals surface area contributed by atoms with E-state index in [1.807, 2.05) is 19.1 Å². The fourth-order valence-corrected chi connectivity index (χ4v) is 4.72. The van der Waals surface area contributed by atoms with Gasteiger partial charge in [0.2, 0.25) is 0 Å². The lowest BCUT2D eigenvalue weighted by molar-refractivity contribution is -0.141. The molecule has 1 N–H and O–H groups in total. The first kappa shape index (κ1) is 17.1. The van der Waals surface area contributed by atoms with Crippen LogP contribution in [0.3, 0.4) is 0 Å². The smallest absolute Gasteiger partial charge is 0.327 e. The summed E-state index contributed by atoms with van der Waals surface area (Å²) in [5, 5.41) is 9.31. The highest BCUT2D eigenvalue weighted by atomic mass is 127. The van der Waals surface area contributed by atoms with Crippen molar-refractivity contribution in [1.29, 1.82) is 0 Å². The molecule has 1 fully saturated rings. The van der Waals surface area contributed by atoms with Crippen molar-refractivity contribution in [3.05, 3.63) is 31.8 Å². The highest BCUT2D eigenvalue weighted by Gasteiger charge is 2.41. The normalized spacial score (nSPS) is 21.6. The number of amides is 1. The van der Waals surface area contributed by atoms with Gasteiger partial charge in [0.25, 0.3) is 5.91 Å². The molecule has 2 atom stereocenters. The summed E-state index contributed by atoms with van der Waals surface area (Å²) >= 11 is 7.09. The number of carbonyl (C=O) groups excluding carboxylic acids is 1. The minimum absolute atomic E-state index is 0.0617. The first-order chi connectivity index (χ1) is 9.95. The molecule has 1 amide bonds. The average molecular weight is 484 g/mol. The molecule has 0 spiro atoms. The minimum Gasteiger partial charge on any atom is -0.480 e. The number of carboxylic acid groups (broad SMARTS) is 1. The Morgan fingerprint density at radius 1 is 1.52 bits per heavy atom. The summed E-state index contributed by atoms with van der Waals surface area (Å²) in [5.41, 5.74) is 0.525. The molecule has 1 aromatic carbocycles. The number of hydrogen-bond donors (Lipinski definition) is 1. The van der Waals surface area contributed by atoms with Gasteiger partial charge in [-0.15, -0.1) is 11.8 Å². The van der Waals surface area contributed by atoms with Crippen LogP contribution in [-0.4, -0.2) is 39.1 Å². The Bertz CT molecular complexity index is 569. The predicted molar refractivity (Wildman–Crippen MR) is 95.6 cm³/mol. The molecule has 1 saturated heterocycles. The number of thioether (sulfide) groups is 1. The van der Waals surface area contributed by atoms with E-state index in [0.29, 0.717) is 15.8 Å². The molecule has 2 rings (SSSR count). The molecule has 0 saturated carbocycles. The van der Waals surface area contributed by atoms with Gasteiger partial charge in [-0.1, -0.05) is 13.3 Å². The SMILES string of the molecule is CCCC1SCC(C(=O)O)N1C(=O)c1cc(I)ccc1Br. The third kappa shape index (κ3) is 3.73. The average Bonchev–Trinajstić information content (AvgIpc) is 2.85. The number of hydrogen-bond acceptors (Lipinski definition) is 3. The van der Waals surface area contributed by atoms with Crippen LogP contribution in [0.5, 0.6) is 0 Å². The van der Waals surface area contributed by atoms with Gasteiger partial charge in [-0.05, 0) is 63.1 Å². The van der Waals surface area contributed by atoms with Crippen LogP contribution in [-0.2, 0) is 4.79 Å². The van der Waals surface area contributed by atoms with Crippen LogP contribution in [0.15, 0.2) is 22.7 Å². The number of nitrogens with zero attached hydrogens (tertiary/aromatic N) is 1. The zero-order chi connectivity index (χ0) is 15.6. The van der Waals surface area contributed by atoms with Gasteiger partial charge in [0.15, 0.2) is 0 Å². The second kappa shape index (κ2) is 7.32. The zero-order valence-corrected chi connectivity index (χ0v) is 15.9. The molecule has 114 valence electrons. The molecule has 1 aliphatic rings. The summed E-state index contributed by atoms with van der Waals surface area (Å²) in [6, 6.07) is 4.77. The van der Waals surface area contributed by atoms with E-state index in [9.17, 15) is 14.7 Å². The van der Waals surface area contributed by atoms with E-state index in [-0.39, 0.29) is 11.3 Å². The van der Waals surface area contributed by atoms with Gasteiger partial charge in [0.05, 0.1) is 10.9 Å². The molecule has 0 radical (unpaired) electrons. The Morgan fingerprint density at radius 3 is 2.86 bits per heavy atom. The molecular weight excluding hydrogens is 469 g/mol. The van der Waals surface area contributed by atoms with Gasteiger partial charge in [0.1, 0.15) is 6.04 Å². The summed E-state index contributed by atoms with van der Waals surface area (Å²) in [4.78, 5) is 25.8. The Morgan fingerprint density at radius 2 is 2.24 bits per heavy atom. The lowest BCUT2D eigenvalue weighted by atomic mass is 10.1. The van der Waals surface area contributed by atoms with Crippen molar-refractivity contribution in [3.63, 3.8) is 0 Å². The topological polar surface area (TPSA) is 57.6 Å². The van der Waals surface area contributed by atoms with Gasteiger partial charge in [-0.25, -0.2) is 4.79 Å². The van der Waals surface area contributed by atoms with Crippen LogP contribution in [0.25, 0.3) is 0 Å². The first-order valence-corrected chi connectivity index (χ1v) is 9.50. The van der Waals surface area contributed by atoms with E-state index in [4.69, 9.17) is 0 Å². The van der Waals surface area contributed by atoms with E-state index in [2.05, 4.69) is 38.5 Å². The number of benzene rings is 1. The van der Waals surface area contributed by atoms with Crippen LogP contribution in [0.4, 0.5) is 0 Å². The molecule has 0 aromatic heterocycles. The van der Waals surface area contributed by atoms with Crippen molar-refractivity contribution in [2.45, 2.75) is 31.2 Å². The summed E-state index contributed by atoms with van der Waals surface area (Å²) in [5.74, 6) is -0.694. The van der Waals surface area contributed by atoms with Crippen molar-refractivity contribution in [2.75, 3.05) is 5.75 Å². The highest BCUT2D eigenvalue weighted by Crippen LogP contribution is 2.34. The van der Waals surface area contributed by atoms with E-state index in [1.165, 1.54) is 4.90 Å². The maximum Gasteiger partial charge on any atom is 0.327 e. The molecule has 1 aliphatic heterocycles. The van der Waals surface area contributed by atoms with Crippen LogP contribution >= 0.6 is 50.3 Å². The second-order valence-electron chi connectivity index (χ2n) is 4.77. The van der Waals surface area contributed by atoms with Crippen molar-refractivity contribution < 1.29 is 14.7 Å².